The Balaban J connectivity index is 1.55. The average molecular weight is 385 g/mol. The van der Waals surface area contributed by atoms with Crippen molar-refractivity contribution in [3.05, 3.63) is 54.7 Å². The van der Waals surface area contributed by atoms with Crippen molar-refractivity contribution in [1.29, 1.82) is 0 Å². The van der Waals surface area contributed by atoms with Crippen LogP contribution in [-0.2, 0) is 16.1 Å². The molecule has 1 amide bonds. The fourth-order valence-electron chi connectivity index (χ4n) is 2.81. The van der Waals surface area contributed by atoms with Gasteiger partial charge < -0.3 is 19.4 Å². The van der Waals surface area contributed by atoms with Crippen LogP contribution in [0, 0.1) is 0 Å². The van der Waals surface area contributed by atoms with E-state index >= 15 is 0 Å². The van der Waals surface area contributed by atoms with Gasteiger partial charge in [0.1, 0.15) is 5.75 Å². The van der Waals surface area contributed by atoms with Gasteiger partial charge in [-0.3, -0.25) is 4.79 Å². The Kier molecular flexibility index (Phi) is 6.79. The van der Waals surface area contributed by atoms with E-state index in [0.29, 0.717) is 19.0 Å². The van der Waals surface area contributed by atoms with E-state index < -0.39 is 0 Å². The summed E-state index contributed by atoms with van der Waals surface area (Å²) < 4.78 is 12.7. The quantitative estimate of drug-likeness (QED) is 0.555. The van der Waals surface area contributed by atoms with Crippen LogP contribution in [0.15, 0.2) is 59.6 Å². The molecule has 1 heterocycles. The third-order valence-electron chi connectivity index (χ3n) is 4.10. The van der Waals surface area contributed by atoms with Crippen molar-refractivity contribution >= 4 is 34.3 Å². The molecule has 0 saturated carbocycles. The highest BCUT2D eigenvalue weighted by molar-refractivity contribution is 8.00. The number of benzene rings is 2. The molecule has 0 atom stereocenters. The van der Waals surface area contributed by atoms with Crippen molar-refractivity contribution in [2.75, 3.05) is 31.4 Å². The highest BCUT2D eigenvalue weighted by Gasteiger charge is 2.07. The van der Waals surface area contributed by atoms with Crippen LogP contribution < -0.4 is 10.1 Å². The van der Waals surface area contributed by atoms with E-state index in [0.717, 1.165) is 33.8 Å². The number of hydrogen-bond donors (Lipinski definition) is 1. The number of thioether (sulfide) groups is 1. The molecule has 2 aromatic carbocycles. The van der Waals surface area contributed by atoms with Gasteiger partial charge in [0, 0.05) is 41.3 Å². The van der Waals surface area contributed by atoms with Crippen LogP contribution in [0.3, 0.4) is 0 Å². The zero-order chi connectivity index (χ0) is 19.1. The Bertz CT molecular complexity index is 890. The molecule has 0 saturated heterocycles. The van der Waals surface area contributed by atoms with Gasteiger partial charge in [0.15, 0.2) is 0 Å². The van der Waals surface area contributed by atoms with Gasteiger partial charge in [0.25, 0.3) is 0 Å². The molecule has 0 aliphatic heterocycles. The summed E-state index contributed by atoms with van der Waals surface area (Å²) in [5.74, 6) is 1.19. The fraction of sp³-hybridized carbons (Fsp3) is 0.286. The van der Waals surface area contributed by atoms with Crippen LogP contribution in [0.1, 0.15) is 6.92 Å². The van der Waals surface area contributed by atoms with Crippen molar-refractivity contribution in [3.63, 3.8) is 0 Å². The lowest BCUT2D eigenvalue weighted by Gasteiger charge is -2.08. The second kappa shape index (κ2) is 9.48. The molecule has 0 aliphatic carbocycles. The van der Waals surface area contributed by atoms with Crippen molar-refractivity contribution in [2.45, 2.75) is 18.4 Å². The van der Waals surface area contributed by atoms with Crippen LogP contribution in [0.25, 0.3) is 10.9 Å². The number of hydrogen-bond acceptors (Lipinski definition) is 4. The topological polar surface area (TPSA) is 52.5 Å². The van der Waals surface area contributed by atoms with E-state index in [-0.39, 0.29) is 5.91 Å². The second-order valence-corrected chi connectivity index (χ2v) is 7.07. The first-order chi connectivity index (χ1) is 13.2. The number of carbonyl (C=O) groups is 1. The van der Waals surface area contributed by atoms with Crippen LogP contribution >= 0.6 is 11.8 Å². The summed E-state index contributed by atoms with van der Waals surface area (Å²) in [7, 11) is 1.70. The number of anilines is 1. The second-order valence-electron chi connectivity index (χ2n) is 6.02. The summed E-state index contributed by atoms with van der Waals surface area (Å²) in [6.45, 7) is 4.09. The molecular formula is C21H24N2O3S. The Morgan fingerprint density at radius 2 is 1.96 bits per heavy atom. The molecule has 0 fully saturated rings. The summed E-state index contributed by atoms with van der Waals surface area (Å²) in [4.78, 5) is 13.3. The zero-order valence-electron chi connectivity index (χ0n) is 15.6. The van der Waals surface area contributed by atoms with Crippen molar-refractivity contribution in [2.24, 2.45) is 0 Å². The lowest BCUT2D eigenvalue weighted by atomic mass is 10.2. The van der Waals surface area contributed by atoms with E-state index in [2.05, 4.69) is 16.0 Å². The standard InChI is InChI=1S/C21H24N2O3S/c1-3-26-18-5-7-19(8-6-18)27-15-21(24)22-17-4-9-20-16(14-17)10-11-23(20)12-13-25-2/h4-11,14H,3,12-13,15H2,1-2H3,(H,22,24). The van der Waals surface area contributed by atoms with Gasteiger partial charge in [-0.15, -0.1) is 11.8 Å². The van der Waals surface area contributed by atoms with E-state index in [1.165, 1.54) is 11.8 Å². The molecule has 0 spiro atoms. The smallest absolute Gasteiger partial charge is 0.234 e. The number of amides is 1. The fourth-order valence-corrected chi connectivity index (χ4v) is 3.51. The summed E-state index contributed by atoms with van der Waals surface area (Å²) in [6, 6.07) is 15.8. The van der Waals surface area contributed by atoms with E-state index in [1.807, 2.05) is 55.6 Å². The Morgan fingerprint density at radius 1 is 1.15 bits per heavy atom. The van der Waals surface area contributed by atoms with Crippen LogP contribution in [-0.4, -0.2) is 36.6 Å². The molecule has 0 radical (unpaired) electrons. The molecule has 3 rings (SSSR count). The maximum atomic E-state index is 12.3. The third kappa shape index (κ3) is 5.28. The molecule has 27 heavy (non-hydrogen) atoms. The summed E-state index contributed by atoms with van der Waals surface area (Å²) in [6.07, 6.45) is 2.04. The number of aromatic nitrogens is 1. The highest BCUT2D eigenvalue weighted by Crippen LogP contribution is 2.23. The number of methoxy groups -OCH3 is 1. The van der Waals surface area contributed by atoms with Crippen molar-refractivity contribution < 1.29 is 14.3 Å². The lowest BCUT2D eigenvalue weighted by molar-refractivity contribution is -0.113. The molecule has 0 aliphatic rings. The largest absolute Gasteiger partial charge is 0.494 e. The predicted octanol–water partition coefficient (Wildman–Crippen LogP) is 4.42. The first-order valence-corrected chi connectivity index (χ1v) is 9.91. The normalized spacial score (nSPS) is 10.9. The average Bonchev–Trinajstić information content (AvgIpc) is 3.08. The predicted molar refractivity (Wildman–Crippen MR) is 111 cm³/mol. The zero-order valence-corrected chi connectivity index (χ0v) is 16.4. The molecule has 6 heteroatoms. The molecule has 1 N–H and O–H groups in total. The number of nitrogens with zero attached hydrogens (tertiary/aromatic N) is 1. The van der Waals surface area contributed by atoms with Gasteiger partial charge in [-0.1, -0.05) is 0 Å². The van der Waals surface area contributed by atoms with E-state index in [4.69, 9.17) is 9.47 Å². The van der Waals surface area contributed by atoms with E-state index in [1.54, 1.807) is 7.11 Å². The summed E-state index contributed by atoms with van der Waals surface area (Å²) in [5.41, 5.74) is 1.94. The van der Waals surface area contributed by atoms with Gasteiger partial charge in [-0.25, -0.2) is 0 Å². The molecule has 3 aromatic rings. The van der Waals surface area contributed by atoms with E-state index in [9.17, 15) is 4.79 Å². The Hall–Kier alpha value is -2.44. The van der Waals surface area contributed by atoms with Gasteiger partial charge >= 0.3 is 0 Å². The molecule has 142 valence electrons. The van der Waals surface area contributed by atoms with Crippen LogP contribution in [0.4, 0.5) is 5.69 Å². The lowest BCUT2D eigenvalue weighted by Crippen LogP contribution is -2.13. The van der Waals surface area contributed by atoms with Crippen molar-refractivity contribution in [1.82, 2.24) is 4.57 Å². The molecular weight excluding hydrogens is 360 g/mol. The molecule has 1 aromatic heterocycles. The summed E-state index contributed by atoms with van der Waals surface area (Å²) >= 11 is 1.51. The van der Waals surface area contributed by atoms with Gasteiger partial charge in [0.05, 0.1) is 19.0 Å². The number of carbonyl (C=O) groups excluding carboxylic acids is 1. The molecule has 0 bridgehead atoms. The maximum Gasteiger partial charge on any atom is 0.234 e. The first-order valence-electron chi connectivity index (χ1n) is 8.93. The van der Waals surface area contributed by atoms with Crippen LogP contribution in [0.5, 0.6) is 5.75 Å². The highest BCUT2D eigenvalue weighted by atomic mass is 32.2. The third-order valence-corrected chi connectivity index (χ3v) is 5.11. The maximum absolute atomic E-state index is 12.3. The monoisotopic (exact) mass is 384 g/mol. The SMILES string of the molecule is CCOc1ccc(SCC(=O)Nc2ccc3c(ccn3CCOC)c2)cc1. The van der Waals surface area contributed by atoms with Gasteiger partial charge in [0.2, 0.25) is 5.91 Å². The number of ether oxygens (including phenoxy) is 2. The molecule has 0 unspecified atom stereocenters. The number of nitrogens with one attached hydrogen (secondary N) is 1. The number of rotatable bonds is 9. The van der Waals surface area contributed by atoms with Gasteiger partial charge in [-0.05, 0) is 55.5 Å². The van der Waals surface area contributed by atoms with Crippen LogP contribution in [0.2, 0.25) is 0 Å². The Labute approximate surface area is 163 Å². The first kappa shape index (κ1) is 19.3. The minimum atomic E-state index is -0.0212. The Morgan fingerprint density at radius 3 is 2.70 bits per heavy atom. The van der Waals surface area contributed by atoms with Crippen molar-refractivity contribution in [3.8, 4) is 5.75 Å². The molecule has 5 nitrogen and oxygen atoms in total. The minimum Gasteiger partial charge on any atom is -0.494 e. The number of fused-ring (bicyclic) bond motifs is 1. The van der Waals surface area contributed by atoms with Gasteiger partial charge in [-0.2, -0.15) is 0 Å². The summed E-state index contributed by atoms with van der Waals surface area (Å²) in [5, 5.41) is 4.07. The minimum absolute atomic E-state index is 0.0212.